The van der Waals surface area contributed by atoms with Crippen LogP contribution in [0.4, 0.5) is 10.5 Å². The molecule has 0 saturated heterocycles. The lowest BCUT2D eigenvalue weighted by molar-refractivity contribution is 0.248. The van der Waals surface area contributed by atoms with Gasteiger partial charge in [-0.25, -0.2) is 4.79 Å². The van der Waals surface area contributed by atoms with Crippen LogP contribution in [0.25, 0.3) is 0 Å². The summed E-state index contributed by atoms with van der Waals surface area (Å²) in [6.45, 7) is 2.02. The molecule has 3 nitrogen and oxygen atoms in total. The highest BCUT2D eigenvalue weighted by molar-refractivity contribution is 5.89. The fourth-order valence-corrected chi connectivity index (χ4v) is 2.01. The molecule has 0 saturated carbocycles. The van der Waals surface area contributed by atoms with Gasteiger partial charge in [-0.1, -0.05) is 48.5 Å². The third kappa shape index (κ3) is 4.76. The molecule has 0 fully saturated rings. The van der Waals surface area contributed by atoms with Crippen LogP contribution in [0.3, 0.4) is 0 Å². The smallest absolute Gasteiger partial charge is 0.319 e. The molecule has 0 aliphatic carbocycles. The second-order valence-corrected chi connectivity index (χ2v) is 4.89. The van der Waals surface area contributed by atoms with E-state index in [2.05, 4.69) is 22.8 Å². The number of rotatable bonds is 5. The normalized spacial score (nSPS) is 11.7. The maximum Gasteiger partial charge on any atom is 0.319 e. The highest BCUT2D eigenvalue weighted by Crippen LogP contribution is 2.06. The van der Waals surface area contributed by atoms with E-state index >= 15 is 0 Å². The van der Waals surface area contributed by atoms with Crippen LogP contribution in [0.15, 0.2) is 60.7 Å². The minimum atomic E-state index is -0.156. The molecule has 0 radical (unpaired) electrons. The van der Waals surface area contributed by atoms with Crippen LogP contribution in [0.1, 0.15) is 18.9 Å². The lowest BCUT2D eigenvalue weighted by Gasteiger charge is -2.14. The van der Waals surface area contributed by atoms with E-state index in [1.807, 2.05) is 55.5 Å². The van der Waals surface area contributed by atoms with E-state index in [-0.39, 0.29) is 12.1 Å². The lowest BCUT2D eigenvalue weighted by atomic mass is 10.1. The van der Waals surface area contributed by atoms with Crippen molar-refractivity contribution in [3.05, 3.63) is 66.2 Å². The predicted octanol–water partition coefficient (Wildman–Crippen LogP) is 3.83. The molecule has 2 rings (SSSR count). The second-order valence-electron chi connectivity index (χ2n) is 4.89. The molecular weight excluding hydrogens is 248 g/mol. The maximum atomic E-state index is 11.8. The molecule has 104 valence electrons. The van der Waals surface area contributed by atoms with Crippen molar-refractivity contribution in [2.24, 2.45) is 0 Å². The van der Waals surface area contributed by atoms with Gasteiger partial charge in [0.05, 0.1) is 0 Å². The summed E-state index contributed by atoms with van der Waals surface area (Å²) in [6, 6.07) is 19.7. The number of para-hydroxylation sites is 1. The summed E-state index contributed by atoms with van der Waals surface area (Å²) >= 11 is 0. The van der Waals surface area contributed by atoms with Gasteiger partial charge in [0.25, 0.3) is 0 Å². The Labute approximate surface area is 120 Å². The van der Waals surface area contributed by atoms with Gasteiger partial charge >= 0.3 is 6.03 Å². The number of aryl methyl sites for hydroxylation is 1. The van der Waals surface area contributed by atoms with E-state index < -0.39 is 0 Å². The van der Waals surface area contributed by atoms with Gasteiger partial charge in [-0.05, 0) is 37.5 Å². The van der Waals surface area contributed by atoms with Crippen LogP contribution >= 0.6 is 0 Å². The summed E-state index contributed by atoms with van der Waals surface area (Å²) in [5.74, 6) is 0. The monoisotopic (exact) mass is 268 g/mol. The third-order valence-electron chi connectivity index (χ3n) is 3.12. The number of hydrogen-bond acceptors (Lipinski definition) is 1. The van der Waals surface area contributed by atoms with Gasteiger partial charge in [0.1, 0.15) is 0 Å². The van der Waals surface area contributed by atoms with Crippen molar-refractivity contribution in [2.75, 3.05) is 5.32 Å². The Hall–Kier alpha value is -2.29. The molecular formula is C17H20N2O. The van der Waals surface area contributed by atoms with Crippen LogP contribution in [0.5, 0.6) is 0 Å². The topological polar surface area (TPSA) is 41.1 Å². The first-order valence-corrected chi connectivity index (χ1v) is 6.90. The second kappa shape index (κ2) is 7.34. The Morgan fingerprint density at radius 2 is 1.60 bits per heavy atom. The number of carbonyl (C=O) groups excluding carboxylic acids is 1. The van der Waals surface area contributed by atoms with Gasteiger partial charge in [-0.15, -0.1) is 0 Å². The molecule has 0 aromatic heterocycles. The first kappa shape index (κ1) is 14.1. The van der Waals surface area contributed by atoms with Crippen molar-refractivity contribution in [2.45, 2.75) is 25.8 Å². The summed E-state index contributed by atoms with van der Waals surface area (Å²) in [7, 11) is 0. The molecule has 0 spiro atoms. The number of hydrogen-bond donors (Lipinski definition) is 2. The Morgan fingerprint density at radius 1 is 1.00 bits per heavy atom. The van der Waals surface area contributed by atoms with Crippen molar-refractivity contribution in [1.29, 1.82) is 0 Å². The molecule has 3 heteroatoms. The van der Waals surface area contributed by atoms with Crippen molar-refractivity contribution >= 4 is 11.7 Å². The van der Waals surface area contributed by atoms with Gasteiger partial charge in [0, 0.05) is 11.7 Å². The van der Waals surface area contributed by atoms with E-state index in [0.717, 1.165) is 18.5 Å². The summed E-state index contributed by atoms with van der Waals surface area (Å²) in [4.78, 5) is 11.8. The van der Waals surface area contributed by atoms with E-state index in [1.165, 1.54) is 5.56 Å². The summed E-state index contributed by atoms with van der Waals surface area (Å²) in [5.41, 5.74) is 2.10. The molecule has 0 aliphatic rings. The minimum absolute atomic E-state index is 0.138. The van der Waals surface area contributed by atoms with Crippen LogP contribution in [0.2, 0.25) is 0 Å². The third-order valence-corrected chi connectivity index (χ3v) is 3.12. The van der Waals surface area contributed by atoms with Crippen molar-refractivity contribution in [3.63, 3.8) is 0 Å². The standard InChI is InChI=1S/C17H20N2O/c1-14(12-13-15-8-4-2-5-9-15)18-17(20)19-16-10-6-3-7-11-16/h2-11,14H,12-13H2,1H3,(H2,18,19,20)/t14-/m1/s1. The molecule has 2 N–H and O–H groups in total. The maximum absolute atomic E-state index is 11.8. The van der Waals surface area contributed by atoms with Crippen molar-refractivity contribution < 1.29 is 4.79 Å². The van der Waals surface area contributed by atoms with Gasteiger partial charge in [-0.3, -0.25) is 0 Å². The molecule has 2 amide bonds. The summed E-state index contributed by atoms with van der Waals surface area (Å²) in [5, 5.41) is 5.77. The molecule has 1 atom stereocenters. The number of amides is 2. The lowest BCUT2D eigenvalue weighted by Crippen LogP contribution is -2.36. The molecule has 2 aromatic rings. The molecule has 0 unspecified atom stereocenters. The largest absolute Gasteiger partial charge is 0.335 e. The fraction of sp³-hybridized carbons (Fsp3) is 0.235. The van der Waals surface area contributed by atoms with Crippen molar-refractivity contribution in [3.8, 4) is 0 Å². The SMILES string of the molecule is C[C@H](CCc1ccccc1)NC(=O)Nc1ccccc1. The summed E-state index contributed by atoms with van der Waals surface area (Å²) in [6.07, 6.45) is 1.89. The van der Waals surface area contributed by atoms with Crippen LogP contribution in [-0.4, -0.2) is 12.1 Å². The molecule has 2 aromatic carbocycles. The van der Waals surface area contributed by atoms with E-state index in [4.69, 9.17) is 0 Å². The van der Waals surface area contributed by atoms with Gasteiger partial charge in [-0.2, -0.15) is 0 Å². The average Bonchev–Trinajstić information content (AvgIpc) is 2.47. The van der Waals surface area contributed by atoms with Crippen LogP contribution < -0.4 is 10.6 Å². The van der Waals surface area contributed by atoms with Crippen LogP contribution in [0, 0.1) is 0 Å². The molecule has 20 heavy (non-hydrogen) atoms. The van der Waals surface area contributed by atoms with Gasteiger partial charge < -0.3 is 10.6 Å². The molecule has 0 aliphatic heterocycles. The number of carbonyl (C=O) groups is 1. The number of urea groups is 1. The molecule has 0 heterocycles. The Bertz CT molecular complexity index is 525. The summed E-state index contributed by atoms with van der Waals surface area (Å²) < 4.78 is 0. The first-order valence-electron chi connectivity index (χ1n) is 6.90. The van der Waals surface area contributed by atoms with Gasteiger partial charge in [0.15, 0.2) is 0 Å². The van der Waals surface area contributed by atoms with E-state index in [0.29, 0.717) is 0 Å². The van der Waals surface area contributed by atoms with Crippen molar-refractivity contribution in [1.82, 2.24) is 5.32 Å². The Morgan fingerprint density at radius 3 is 2.25 bits per heavy atom. The quantitative estimate of drug-likeness (QED) is 0.850. The average molecular weight is 268 g/mol. The molecule has 0 bridgehead atoms. The van der Waals surface area contributed by atoms with Crippen LogP contribution in [-0.2, 0) is 6.42 Å². The Balaban J connectivity index is 1.74. The first-order chi connectivity index (χ1) is 9.74. The van der Waals surface area contributed by atoms with E-state index in [9.17, 15) is 4.79 Å². The zero-order valence-electron chi connectivity index (χ0n) is 11.7. The zero-order chi connectivity index (χ0) is 14.2. The zero-order valence-corrected chi connectivity index (χ0v) is 11.7. The Kier molecular flexibility index (Phi) is 5.18. The highest BCUT2D eigenvalue weighted by atomic mass is 16.2. The van der Waals surface area contributed by atoms with E-state index in [1.54, 1.807) is 0 Å². The number of benzene rings is 2. The fourth-order valence-electron chi connectivity index (χ4n) is 2.01. The minimum Gasteiger partial charge on any atom is -0.335 e. The van der Waals surface area contributed by atoms with Gasteiger partial charge in [0.2, 0.25) is 0 Å². The number of nitrogens with one attached hydrogen (secondary N) is 2. The number of anilines is 1. The highest BCUT2D eigenvalue weighted by Gasteiger charge is 2.07. The predicted molar refractivity (Wildman–Crippen MR) is 82.8 cm³/mol.